The summed E-state index contributed by atoms with van der Waals surface area (Å²) in [5, 5.41) is 9.22. The lowest BCUT2D eigenvalue weighted by atomic mass is 9.75. The van der Waals surface area contributed by atoms with Crippen molar-refractivity contribution in [2.45, 2.75) is 39.5 Å². The van der Waals surface area contributed by atoms with E-state index in [1.807, 2.05) is 0 Å². The first kappa shape index (κ1) is 10.0. The standard InChI is InChI=1S/C12H20O2/c1-7(2)5-10-8-3-4-9(6-8)11(10)12(13)14/h7-11H,3-6H2,1-2H3,(H,13,14). The van der Waals surface area contributed by atoms with Crippen molar-refractivity contribution in [3.63, 3.8) is 0 Å². The molecular weight excluding hydrogens is 176 g/mol. The van der Waals surface area contributed by atoms with E-state index < -0.39 is 5.97 Å². The van der Waals surface area contributed by atoms with E-state index in [0.29, 0.717) is 17.8 Å². The molecule has 0 radical (unpaired) electrons. The first-order valence-corrected chi connectivity index (χ1v) is 5.82. The Bertz CT molecular complexity index is 234. The molecule has 0 aromatic carbocycles. The molecule has 0 spiro atoms. The lowest BCUT2D eigenvalue weighted by Gasteiger charge is -2.29. The fraction of sp³-hybridized carbons (Fsp3) is 0.917. The lowest BCUT2D eigenvalue weighted by Crippen LogP contribution is -2.30. The van der Waals surface area contributed by atoms with Crippen molar-refractivity contribution in [2.24, 2.45) is 29.6 Å². The molecule has 0 aromatic heterocycles. The summed E-state index contributed by atoms with van der Waals surface area (Å²) in [5.74, 6) is 1.79. The van der Waals surface area contributed by atoms with Crippen molar-refractivity contribution < 1.29 is 9.90 Å². The number of carboxylic acids is 1. The van der Waals surface area contributed by atoms with E-state index in [0.717, 1.165) is 18.8 Å². The molecule has 0 aromatic rings. The van der Waals surface area contributed by atoms with Crippen LogP contribution in [-0.4, -0.2) is 11.1 Å². The van der Waals surface area contributed by atoms with Crippen LogP contribution in [-0.2, 0) is 4.79 Å². The largest absolute Gasteiger partial charge is 0.481 e. The average Bonchev–Trinajstić information content (AvgIpc) is 2.61. The highest BCUT2D eigenvalue weighted by molar-refractivity contribution is 5.71. The maximum Gasteiger partial charge on any atom is 0.307 e. The normalized spacial score (nSPS) is 40.8. The van der Waals surface area contributed by atoms with Crippen molar-refractivity contribution in [3.8, 4) is 0 Å². The molecule has 2 saturated carbocycles. The number of carboxylic acid groups (broad SMARTS) is 1. The summed E-state index contributed by atoms with van der Waals surface area (Å²) in [5.41, 5.74) is 0. The Morgan fingerprint density at radius 2 is 2.00 bits per heavy atom. The quantitative estimate of drug-likeness (QED) is 0.753. The summed E-state index contributed by atoms with van der Waals surface area (Å²) in [7, 11) is 0. The second-order valence-electron chi connectivity index (χ2n) is 5.49. The first-order chi connectivity index (χ1) is 6.59. The van der Waals surface area contributed by atoms with Crippen molar-refractivity contribution in [1.82, 2.24) is 0 Å². The van der Waals surface area contributed by atoms with Gasteiger partial charge >= 0.3 is 5.97 Å². The number of carbonyl (C=O) groups is 1. The van der Waals surface area contributed by atoms with E-state index in [-0.39, 0.29) is 5.92 Å². The van der Waals surface area contributed by atoms with Crippen molar-refractivity contribution >= 4 is 5.97 Å². The van der Waals surface area contributed by atoms with E-state index >= 15 is 0 Å². The molecule has 80 valence electrons. The highest BCUT2D eigenvalue weighted by Crippen LogP contribution is 2.54. The smallest absolute Gasteiger partial charge is 0.307 e. The van der Waals surface area contributed by atoms with Gasteiger partial charge in [0.25, 0.3) is 0 Å². The number of aliphatic carboxylic acids is 1. The maximum atomic E-state index is 11.2. The Balaban J connectivity index is 2.09. The summed E-state index contributed by atoms with van der Waals surface area (Å²) < 4.78 is 0. The first-order valence-electron chi connectivity index (χ1n) is 5.82. The Morgan fingerprint density at radius 1 is 1.36 bits per heavy atom. The molecule has 2 aliphatic rings. The second-order valence-corrected chi connectivity index (χ2v) is 5.49. The van der Waals surface area contributed by atoms with E-state index in [1.54, 1.807) is 0 Å². The highest BCUT2D eigenvalue weighted by Gasteiger charge is 2.50. The Labute approximate surface area is 85.7 Å². The predicted molar refractivity (Wildman–Crippen MR) is 54.9 cm³/mol. The summed E-state index contributed by atoms with van der Waals surface area (Å²) in [6.45, 7) is 4.40. The minimum atomic E-state index is -0.539. The monoisotopic (exact) mass is 196 g/mol. The molecule has 4 atom stereocenters. The summed E-state index contributed by atoms with van der Waals surface area (Å²) >= 11 is 0. The molecule has 2 aliphatic carbocycles. The zero-order valence-corrected chi connectivity index (χ0v) is 9.07. The van der Waals surface area contributed by atoms with Crippen LogP contribution in [0.25, 0.3) is 0 Å². The van der Waals surface area contributed by atoms with Crippen LogP contribution in [0.5, 0.6) is 0 Å². The van der Waals surface area contributed by atoms with Crippen molar-refractivity contribution in [3.05, 3.63) is 0 Å². The van der Waals surface area contributed by atoms with Gasteiger partial charge in [-0.3, -0.25) is 4.79 Å². The molecule has 1 N–H and O–H groups in total. The summed E-state index contributed by atoms with van der Waals surface area (Å²) in [4.78, 5) is 11.2. The van der Waals surface area contributed by atoms with E-state index in [4.69, 9.17) is 0 Å². The van der Waals surface area contributed by atoms with E-state index in [9.17, 15) is 9.90 Å². The molecule has 2 fully saturated rings. The second kappa shape index (κ2) is 3.56. The number of rotatable bonds is 3. The third kappa shape index (κ3) is 1.55. The molecule has 0 heterocycles. The highest BCUT2D eigenvalue weighted by atomic mass is 16.4. The maximum absolute atomic E-state index is 11.2. The van der Waals surface area contributed by atoms with Crippen LogP contribution in [0.15, 0.2) is 0 Å². The van der Waals surface area contributed by atoms with Crippen LogP contribution < -0.4 is 0 Å². The summed E-state index contributed by atoms with van der Waals surface area (Å²) in [6.07, 6.45) is 4.74. The fourth-order valence-corrected chi connectivity index (χ4v) is 3.68. The van der Waals surface area contributed by atoms with Crippen LogP contribution in [0.1, 0.15) is 39.5 Å². The van der Waals surface area contributed by atoms with Gasteiger partial charge in [0.05, 0.1) is 5.92 Å². The van der Waals surface area contributed by atoms with Crippen molar-refractivity contribution in [1.29, 1.82) is 0 Å². The Hall–Kier alpha value is -0.530. The minimum Gasteiger partial charge on any atom is -0.481 e. The third-order valence-corrected chi connectivity index (χ3v) is 4.12. The molecule has 0 saturated heterocycles. The van der Waals surface area contributed by atoms with Crippen molar-refractivity contribution in [2.75, 3.05) is 0 Å². The van der Waals surface area contributed by atoms with Gasteiger partial charge < -0.3 is 5.11 Å². The number of fused-ring (bicyclic) bond motifs is 2. The van der Waals surface area contributed by atoms with Gasteiger partial charge in [0.1, 0.15) is 0 Å². The minimum absolute atomic E-state index is 0.0175. The average molecular weight is 196 g/mol. The topological polar surface area (TPSA) is 37.3 Å². The van der Waals surface area contributed by atoms with E-state index in [1.165, 1.54) is 12.8 Å². The molecular formula is C12H20O2. The molecule has 0 aliphatic heterocycles. The molecule has 4 unspecified atom stereocenters. The molecule has 2 bridgehead atoms. The van der Waals surface area contributed by atoms with Gasteiger partial charge in [0, 0.05) is 0 Å². The van der Waals surface area contributed by atoms with Crippen LogP contribution in [0, 0.1) is 29.6 Å². The summed E-state index contributed by atoms with van der Waals surface area (Å²) in [6, 6.07) is 0. The van der Waals surface area contributed by atoms with Gasteiger partial charge in [-0.05, 0) is 49.4 Å². The van der Waals surface area contributed by atoms with Gasteiger partial charge in [-0.15, -0.1) is 0 Å². The van der Waals surface area contributed by atoms with Gasteiger partial charge in [0.15, 0.2) is 0 Å². The number of hydrogen-bond donors (Lipinski definition) is 1. The zero-order valence-electron chi connectivity index (χ0n) is 9.07. The van der Waals surface area contributed by atoms with Gasteiger partial charge in [-0.2, -0.15) is 0 Å². The van der Waals surface area contributed by atoms with Crippen LogP contribution in [0.2, 0.25) is 0 Å². The fourth-order valence-electron chi connectivity index (χ4n) is 3.68. The van der Waals surface area contributed by atoms with Crippen LogP contribution >= 0.6 is 0 Å². The molecule has 2 heteroatoms. The molecule has 0 amide bonds. The van der Waals surface area contributed by atoms with Crippen LogP contribution in [0.3, 0.4) is 0 Å². The Kier molecular flexibility index (Phi) is 2.54. The van der Waals surface area contributed by atoms with Gasteiger partial charge in [-0.25, -0.2) is 0 Å². The van der Waals surface area contributed by atoms with Crippen LogP contribution in [0.4, 0.5) is 0 Å². The third-order valence-electron chi connectivity index (χ3n) is 4.12. The van der Waals surface area contributed by atoms with Gasteiger partial charge in [-0.1, -0.05) is 13.8 Å². The molecule has 14 heavy (non-hydrogen) atoms. The molecule has 2 nitrogen and oxygen atoms in total. The SMILES string of the molecule is CC(C)CC1C2CCC(C2)C1C(=O)O. The molecule has 2 rings (SSSR count). The lowest BCUT2D eigenvalue weighted by molar-refractivity contribution is -0.145. The zero-order chi connectivity index (χ0) is 10.3. The van der Waals surface area contributed by atoms with E-state index in [2.05, 4.69) is 13.8 Å². The number of hydrogen-bond acceptors (Lipinski definition) is 1. The van der Waals surface area contributed by atoms with Gasteiger partial charge in [0.2, 0.25) is 0 Å². The Morgan fingerprint density at radius 3 is 2.57 bits per heavy atom. The predicted octanol–water partition coefficient (Wildman–Crippen LogP) is 2.78.